The SMILES string of the molecule is CC1(c2ccccc2)NC(=O)N(CC(=O)NCc2ccccc2)C1=O. The van der Waals surface area contributed by atoms with Gasteiger partial charge in [0.05, 0.1) is 0 Å². The van der Waals surface area contributed by atoms with Crippen LogP contribution in [-0.2, 0) is 21.7 Å². The molecule has 2 aromatic carbocycles. The van der Waals surface area contributed by atoms with E-state index in [0.29, 0.717) is 12.1 Å². The summed E-state index contributed by atoms with van der Waals surface area (Å²) in [5.41, 5.74) is 0.473. The average molecular weight is 337 g/mol. The fourth-order valence-corrected chi connectivity index (χ4v) is 2.80. The van der Waals surface area contributed by atoms with Crippen molar-refractivity contribution in [3.63, 3.8) is 0 Å². The van der Waals surface area contributed by atoms with Gasteiger partial charge in [0.2, 0.25) is 5.91 Å². The van der Waals surface area contributed by atoms with Crippen LogP contribution in [0.15, 0.2) is 60.7 Å². The molecular weight excluding hydrogens is 318 g/mol. The van der Waals surface area contributed by atoms with Gasteiger partial charge in [-0.2, -0.15) is 0 Å². The summed E-state index contributed by atoms with van der Waals surface area (Å²) in [5.74, 6) is -0.816. The lowest BCUT2D eigenvalue weighted by Crippen LogP contribution is -2.43. The highest BCUT2D eigenvalue weighted by Gasteiger charge is 2.49. The average Bonchev–Trinajstić information content (AvgIpc) is 2.86. The third-order valence-electron chi connectivity index (χ3n) is 4.26. The van der Waals surface area contributed by atoms with Gasteiger partial charge in [-0.1, -0.05) is 60.7 Å². The second kappa shape index (κ2) is 6.76. The minimum atomic E-state index is -1.15. The minimum Gasteiger partial charge on any atom is -0.350 e. The molecule has 2 aromatic rings. The Morgan fingerprint density at radius 1 is 1.04 bits per heavy atom. The molecule has 0 bridgehead atoms. The van der Waals surface area contributed by atoms with E-state index in [1.165, 1.54) is 0 Å². The lowest BCUT2D eigenvalue weighted by molar-refractivity contribution is -0.134. The number of nitrogens with one attached hydrogen (secondary N) is 2. The first-order valence-corrected chi connectivity index (χ1v) is 8.01. The van der Waals surface area contributed by atoms with Gasteiger partial charge in [0.25, 0.3) is 5.91 Å². The highest BCUT2D eigenvalue weighted by molar-refractivity contribution is 6.09. The highest BCUT2D eigenvalue weighted by Crippen LogP contribution is 2.28. The van der Waals surface area contributed by atoms with Gasteiger partial charge in [-0.3, -0.25) is 14.5 Å². The molecule has 1 aliphatic heterocycles. The molecular formula is C19H19N3O3. The Morgan fingerprint density at radius 2 is 1.64 bits per heavy atom. The van der Waals surface area contributed by atoms with Crippen molar-refractivity contribution in [3.05, 3.63) is 71.8 Å². The second-order valence-electron chi connectivity index (χ2n) is 6.07. The molecule has 1 saturated heterocycles. The molecule has 3 rings (SSSR count). The Hall–Kier alpha value is -3.15. The molecule has 128 valence electrons. The van der Waals surface area contributed by atoms with E-state index in [2.05, 4.69) is 10.6 Å². The zero-order valence-corrected chi connectivity index (χ0v) is 13.9. The van der Waals surface area contributed by atoms with Gasteiger partial charge in [0.1, 0.15) is 12.1 Å². The normalized spacial score (nSPS) is 19.6. The van der Waals surface area contributed by atoms with E-state index in [4.69, 9.17) is 0 Å². The van der Waals surface area contributed by atoms with Crippen LogP contribution in [0.2, 0.25) is 0 Å². The quantitative estimate of drug-likeness (QED) is 0.816. The highest BCUT2D eigenvalue weighted by atomic mass is 16.2. The van der Waals surface area contributed by atoms with Crippen LogP contribution in [0.3, 0.4) is 0 Å². The molecule has 0 spiro atoms. The molecule has 1 fully saturated rings. The Morgan fingerprint density at radius 3 is 2.28 bits per heavy atom. The van der Waals surface area contributed by atoms with Crippen LogP contribution in [0.25, 0.3) is 0 Å². The van der Waals surface area contributed by atoms with Crippen LogP contribution in [0.1, 0.15) is 18.1 Å². The van der Waals surface area contributed by atoms with Crippen LogP contribution in [-0.4, -0.2) is 29.3 Å². The van der Waals surface area contributed by atoms with Gasteiger partial charge in [-0.05, 0) is 18.1 Å². The van der Waals surface area contributed by atoms with Gasteiger partial charge >= 0.3 is 6.03 Å². The van der Waals surface area contributed by atoms with E-state index in [1.54, 1.807) is 31.2 Å². The molecule has 0 aliphatic carbocycles. The molecule has 0 aromatic heterocycles. The predicted octanol–water partition coefficient (Wildman–Crippen LogP) is 1.77. The van der Waals surface area contributed by atoms with E-state index >= 15 is 0 Å². The molecule has 0 saturated carbocycles. The van der Waals surface area contributed by atoms with E-state index < -0.39 is 17.5 Å². The summed E-state index contributed by atoms with van der Waals surface area (Å²) in [7, 11) is 0. The van der Waals surface area contributed by atoms with Gasteiger partial charge in [0, 0.05) is 6.54 Å². The number of imide groups is 1. The summed E-state index contributed by atoms with van der Waals surface area (Å²) in [6.07, 6.45) is 0. The Kier molecular flexibility index (Phi) is 4.52. The number of benzene rings is 2. The monoisotopic (exact) mass is 337 g/mol. The van der Waals surface area contributed by atoms with Crippen molar-refractivity contribution in [1.29, 1.82) is 0 Å². The molecule has 2 N–H and O–H groups in total. The van der Waals surface area contributed by atoms with Crippen molar-refractivity contribution in [2.75, 3.05) is 6.54 Å². The van der Waals surface area contributed by atoms with E-state index in [1.807, 2.05) is 36.4 Å². The topological polar surface area (TPSA) is 78.5 Å². The first kappa shape index (κ1) is 16.7. The number of carbonyl (C=O) groups excluding carboxylic acids is 3. The predicted molar refractivity (Wildman–Crippen MR) is 92.3 cm³/mol. The van der Waals surface area contributed by atoms with Crippen molar-refractivity contribution >= 4 is 17.8 Å². The number of hydrogen-bond acceptors (Lipinski definition) is 3. The fourth-order valence-electron chi connectivity index (χ4n) is 2.80. The van der Waals surface area contributed by atoms with Gasteiger partial charge in [0.15, 0.2) is 0 Å². The molecule has 1 atom stereocenters. The van der Waals surface area contributed by atoms with Gasteiger partial charge in [-0.25, -0.2) is 4.79 Å². The summed E-state index contributed by atoms with van der Waals surface area (Å²) >= 11 is 0. The summed E-state index contributed by atoms with van der Waals surface area (Å²) in [6, 6.07) is 17.9. The number of urea groups is 1. The zero-order valence-electron chi connectivity index (χ0n) is 13.9. The first-order chi connectivity index (χ1) is 12.0. The fraction of sp³-hybridized carbons (Fsp3) is 0.211. The summed E-state index contributed by atoms with van der Waals surface area (Å²) in [5, 5.41) is 5.40. The van der Waals surface area contributed by atoms with E-state index in [9.17, 15) is 14.4 Å². The standard InChI is InChI=1S/C19H19N3O3/c1-19(15-10-6-3-7-11-15)17(24)22(18(25)21-19)13-16(23)20-12-14-8-4-2-5-9-14/h2-11H,12-13H2,1H3,(H,20,23)(H,21,25). The molecule has 1 heterocycles. The number of rotatable bonds is 5. The van der Waals surface area contributed by atoms with Crippen LogP contribution < -0.4 is 10.6 Å². The van der Waals surface area contributed by atoms with Crippen LogP contribution in [0, 0.1) is 0 Å². The largest absolute Gasteiger partial charge is 0.350 e. The van der Waals surface area contributed by atoms with Gasteiger partial charge in [-0.15, -0.1) is 0 Å². The maximum absolute atomic E-state index is 12.7. The number of amides is 4. The number of hydrogen-bond donors (Lipinski definition) is 2. The van der Waals surface area contributed by atoms with Crippen molar-refractivity contribution in [1.82, 2.24) is 15.5 Å². The van der Waals surface area contributed by atoms with Crippen molar-refractivity contribution in [2.45, 2.75) is 19.0 Å². The molecule has 4 amide bonds. The van der Waals surface area contributed by atoms with E-state index in [0.717, 1.165) is 10.5 Å². The second-order valence-corrected chi connectivity index (χ2v) is 6.07. The Balaban J connectivity index is 1.66. The molecule has 25 heavy (non-hydrogen) atoms. The van der Waals surface area contributed by atoms with Crippen molar-refractivity contribution in [3.8, 4) is 0 Å². The van der Waals surface area contributed by atoms with Crippen LogP contribution >= 0.6 is 0 Å². The Bertz CT molecular complexity index is 792. The zero-order chi connectivity index (χ0) is 17.9. The van der Waals surface area contributed by atoms with E-state index in [-0.39, 0.29) is 12.5 Å². The molecule has 0 radical (unpaired) electrons. The molecule has 1 unspecified atom stereocenters. The van der Waals surface area contributed by atoms with Gasteiger partial charge < -0.3 is 10.6 Å². The lowest BCUT2D eigenvalue weighted by atomic mass is 9.92. The summed E-state index contributed by atoms with van der Waals surface area (Å²) in [6.45, 7) is 1.68. The third-order valence-corrected chi connectivity index (χ3v) is 4.26. The van der Waals surface area contributed by atoms with Crippen LogP contribution in [0.5, 0.6) is 0 Å². The third kappa shape index (κ3) is 3.38. The molecule has 6 heteroatoms. The molecule has 6 nitrogen and oxygen atoms in total. The minimum absolute atomic E-state index is 0.306. The van der Waals surface area contributed by atoms with Crippen molar-refractivity contribution < 1.29 is 14.4 Å². The summed E-state index contributed by atoms with van der Waals surface area (Å²) < 4.78 is 0. The number of carbonyl (C=O) groups is 3. The first-order valence-electron chi connectivity index (χ1n) is 8.01. The number of nitrogens with zero attached hydrogens (tertiary/aromatic N) is 1. The molecule has 1 aliphatic rings. The maximum Gasteiger partial charge on any atom is 0.325 e. The van der Waals surface area contributed by atoms with Crippen LogP contribution in [0.4, 0.5) is 4.79 Å². The summed E-state index contributed by atoms with van der Waals surface area (Å²) in [4.78, 5) is 38.0. The Labute approximate surface area is 145 Å². The lowest BCUT2D eigenvalue weighted by Gasteiger charge is -2.22. The smallest absolute Gasteiger partial charge is 0.325 e. The van der Waals surface area contributed by atoms with Crippen molar-refractivity contribution in [2.24, 2.45) is 0 Å². The maximum atomic E-state index is 12.7.